The van der Waals surface area contributed by atoms with Gasteiger partial charge in [-0.3, -0.25) is 4.79 Å². The fourth-order valence-corrected chi connectivity index (χ4v) is 8.68. The first-order valence-corrected chi connectivity index (χ1v) is 11.8. The van der Waals surface area contributed by atoms with E-state index in [4.69, 9.17) is 5.11 Å². The van der Waals surface area contributed by atoms with Crippen molar-refractivity contribution in [2.24, 2.45) is 46.3 Å². The molecule has 5 heteroatoms. The van der Waals surface area contributed by atoms with Crippen molar-refractivity contribution in [2.75, 3.05) is 0 Å². The molecule has 11 atom stereocenters. The second kappa shape index (κ2) is 7.49. The molecule has 0 spiro atoms. The van der Waals surface area contributed by atoms with Crippen LogP contribution >= 0.6 is 0 Å². The number of hydrogen-bond acceptors (Lipinski definition) is 4. The summed E-state index contributed by atoms with van der Waals surface area (Å²) in [6.45, 7) is 6.72. The standard InChI is InChI=1S/C24H40O5/c1-13(4-7-21(28)29)16-5-6-17-22-18(12-20(27)24(16,17)3)23(2)9-8-15(25)10-14(23)11-19(22)26/h13-20,22,25-27H,4-12H2,1-3H3,(H,28,29)/t13-,14?,15-,16?,17+,18+,19-,20+,22?,23+,24-/m1/s1. The van der Waals surface area contributed by atoms with Gasteiger partial charge >= 0.3 is 5.97 Å². The molecule has 4 rings (SSSR count). The zero-order chi connectivity index (χ0) is 21.1. The number of hydrogen-bond donors (Lipinski definition) is 4. The quantitative estimate of drug-likeness (QED) is 0.571. The van der Waals surface area contributed by atoms with Gasteiger partial charge < -0.3 is 20.4 Å². The van der Waals surface area contributed by atoms with Gasteiger partial charge in [0.2, 0.25) is 0 Å². The molecule has 0 bridgehead atoms. The molecule has 0 saturated heterocycles. The second-order valence-corrected chi connectivity index (χ2v) is 11.4. The third-order valence-electron chi connectivity index (χ3n) is 10.3. The van der Waals surface area contributed by atoms with E-state index in [1.54, 1.807) is 0 Å². The molecular weight excluding hydrogens is 368 g/mol. The van der Waals surface area contributed by atoms with Crippen molar-refractivity contribution >= 4 is 5.97 Å². The number of carboxylic acid groups (broad SMARTS) is 1. The number of aliphatic hydroxyl groups excluding tert-OH is 3. The molecule has 4 N–H and O–H groups in total. The molecule has 0 radical (unpaired) electrons. The number of aliphatic hydroxyl groups is 3. The van der Waals surface area contributed by atoms with E-state index in [0.29, 0.717) is 30.1 Å². The molecule has 166 valence electrons. The molecule has 3 unspecified atom stereocenters. The maximum absolute atomic E-state index is 11.5. The van der Waals surface area contributed by atoms with Gasteiger partial charge in [0, 0.05) is 6.42 Å². The van der Waals surface area contributed by atoms with E-state index in [1.165, 1.54) is 0 Å². The van der Waals surface area contributed by atoms with Crippen LogP contribution < -0.4 is 0 Å². The maximum atomic E-state index is 11.5. The number of aliphatic carboxylic acids is 1. The van der Waals surface area contributed by atoms with Gasteiger partial charge in [-0.15, -0.1) is 0 Å². The van der Waals surface area contributed by atoms with Crippen molar-refractivity contribution < 1.29 is 25.2 Å². The van der Waals surface area contributed by atoms with Crippen molar-refractivity contribution in [1.29, 1.82) is 0 Å². The summed E-state index contributed by atoms with van der Waals surface area (Å²) in [5.74, 6) is 0.997. The summed E-state index contributed by atoms with van der Waals surface area (Å²) in [4.78, 5) is 11.1. The van der Waals surface area contributed by atoms with Crippen molar-refractivity contribution in [3.05, 3.63) is 0 Å². The van der Waals surface area contributed by atoms with E-state index in [2.05, 4.69) is 20.8 Å². The van der Waals surface area contributed by atoms with Crippen LogP contribution in [-0.4, -0.2) is 44.7 Å². The largest absolute Gasteiger partial charge is 0.481 e. The summed E-state index contributed by atoms with van der Waals surface area (Å²) in [7, 11) is 0. The highest BCUT2D eigenvalue weighted by Crippen LogP contribution is 2.68. The van der Waals surface area contributed by atoms with Crippen molar-refractivity contribution in [3.63, 3.8) is 0 Å². The summed E-state index contributed by atoms with van der Waals surface area (Å²) in [6, 6.07) is 0. The lowest BCUT2D eigenvalue weighted by atomic mass is 9.43. The van der Waals surface area contributed by atoms with Gasteiger partial charge in [0.1, 0.15) is 0 Å². The van der Waals surface area contributed by atoms with Gasteiger partial charge in [-0.2, -0.15) is 0 Å². The zero-order valence-electron chi connectivity index (χ0n) is 18.3. The van der Waals surface area contributed by atoms with E-state index >= 15 is 0 Å². The Morgan fingerprint density at radius 1 is 1.03 bits per heavy atom. The van der Waals surface area contributed by atoms with Crippen LogP contribution in [-0.2, 0) is 4.79 Å². The van der Waals surface area contributed by atoms with Gasteiger partial charge in [0.15, 0.2) is 0 Å². The summed E-state index contributed by atoms with van der Waals surface area (Å²) >= 11 is 0. The summed E-state index contributed by atoms with van der Waals surface area (Å²) in [5.41, 5.74) is -0.143. The van der Waals surface area contributed by atoms with E-state index in [9.17, 15) is 20.1 Å². The Morgan fingerprint density at radius 2 is 1.76 bits per heavy atom. The first-order chi connectivity index (χ1) is 13.6. The lowest BCUT2D eigenvalue weighted by molar-refractivity contribution is -0.207. The molecule has 4 fully saturated rings. The van der Waals surface area contributed by atoms with Gasteiger partial charge in [-0.05, 0) is 97.7 Å². The highest BCUT2D eigenvalue weighted by Gasteiger charge is 2.65. The van der Waals surface area contributed by atoms with Crippen LogP contribution in [0.2, 0.25) is 0 Å². The highest BCUT2D eigenvalue weighted by molar-refractivity contribution is 5.66. The predicted molar refractivity (Wildman–Crippen MR) is 110 cm³/mol. The third kappa shape index (κ3) is 3.27. The van der Waals surface area contributed by atoms with Crippen molar-refractivity contribution in [1.82, 2.24) is 0 Å². The normalized spacial score (nSPS) is 52.9. The van der Waals surface area contributed by atoms with Crippen LogP contribution in [0.15, 0.2) is 0 Å². The molecule has 4 saturated carbocycles. The summed E-state index contributed by atoms with van der Waals surface area (Å²) < 4.78 is 0. The Labute approximate surface area is 174 Å². The molecule has 4 aliphatic carbocycles. The Morgan fingerprint density at radius 3 is 2.45 bits per heavy atom. The molecule has 4 aliphatic rings. The Bertz CT molecular complexity index is 637. The highest BCUT2D eigenvalue weighted by atomic mass is 16.4. The average molecular weight is 409 g/mol. The van der Waals surface area contributed by atoms with Crippen molar-refractivity contribution in [2.45, 2.75) is 96.9 Å². The van der Waals surface area contributed by atoms with Crippen LogP contribution in [0, 0.1) is 46.3 Å². The third-order valence-corrected chi connectivity index (χ3v) is 10.3. The lowest BCUT2D eigenvalue weighted by Crippen LogP contribution is -2.62. The summed E-state index contributed by atoms with van der Waals surface area (Å²) in [6.07, 6.45) is 6.00. The minimum Gasteiger partial charge on any atom is -0.481 e. The molecular formula is C24H40O5. The summed E-state index contributed by atoms with van der Waals surface area (Å²) in [5, 5.41) is 42.0. The van der Waals surface area contributed by atoms with E-state index < -0.39 is 12.1 Å². The van der Waals surface area contributed by atoms with Crippen LogP contribution in [0.5, 0.6) is 0 Å². The van der Waals surface area contributed by atoms with Crippen LogP contribution in [0.3, 0.4) is 0 Å². The van der Waals surface area contributed by atoms with Gasteiger partial charge in [-0.1, -0.05) is 20.8 Å². The first kappa shape index (κ1) is 21.6. The van der Waals surface area contributed by atoms with E-state index in [1.807, 2.05) is 0 Å². The van der Waals surface area contributed by atoms with Gasteiger partial charge in [-0.25, -0.2) is 0 Å². The maximum Gasteiger partial charge on any atom is 0.303 e. The Kier molecular flexibility index (Phi) is 5.57. The lowest BCUT2D eigenvalue weighted by Gasteiger charge is -2.63. The molecule has 0 aromatic heterocycles. The fourth-order valence-electron chi connectivity index (χ4n) is 8.68. The fraction of sp³-hybridized carbons (Fsp3) is 0.958. The van der Waals surface area contributed by atoms with Gasteiger partial charge in [0.05, 0.1) is 18.3 Å². The second-order valence-electron chi connectivity index (χ2n) is 11.4. The molecule has 0 aromatic carbocycles. The van der Waals surface area contributed by atoms with Crippen molar-refractivity contribution in [3.8, 4) is 0 Å². The van der Waals surface area contributed by atoms with Crippen LogP contribution in [0.1, 0.15) is 78.6 Å². The Balaban J connectivity index is 1.61. The first-order valence-electron chi connectivity index (χ1n) is 11.8. The number of carboxylic acids is 1. The molecule has 0 heterocycles. The molecule has 29 heavy (non-hydrogen) atoms. The van der Waals surface area contributed by atoms with Gasteiger partial charge in [0.25, 0.3) is 0 Å². The number of rotatable bonds is 4. The van der Waals surface area contributed by atoms with Crippen LogP contribution in [0.25, 0.3) is 0 Å². The molecule has 0 aliphatic heterocycles. The Hall–Kier alpha value is -0.650. The molecule has 0 aromatic rings. The minimum absolute atomic E-state index is 0.0957. The molecule has 5 nitrogen and oxygen atoms in total. The topological polar surface area (TPSA) is 98.0 Å². The minimum atomic E-state index is -0.748. The SMILES string of the molecule is C[C@H](CCC(=O)O)C1CC[C@H]2C3[C@H](O)CC4C[C@H](O)CC[C@]4(C)[C@H]3C[C@H](O)[C@]12C. The monoisotopic (exact) mass is 408 g/mol. The predicted octanol–water partition coefficient (Wildman–Crippen LogP) is 3.45. The number of carbonyl (C=O) groups is 1. The van der Waals surface area contributed by atoms with Crippen LogP contribution in [0.4, 0.5) is 0 Å². The van der Waals surface area contributed by atoms with E-state index in [-0.39, 0.29) is 41.3 Å². The van der Waals surface area contributed by atoms with E-state index in [0.717, 1.165) is 44.9 Å². The number of fused-ring (bicyclic) bond motifs is 5. The average Bonchev–Trinajstić information content (AvgIpc) is 3.01. The zero-order valence-corrected chi connectivity index (χ0v) is 18.3. The molecule has 0 amide bonds. The smallest absolute Gasteiger partial charge is 0.303 e.